The molecule has 1 atom stereocenters. The molecule has 2 amide bonds. The third-order valence-electron chi connectivity index (χ3n) is 6.90. The van der Waals surface area contributed by atoms with Gasteiger partial charge in [-0.2, -0.15) is 0 Å². The summed E-state index contributed by atoms with van der Waals surface area (Å²) in [5.74, 6) is -0.700. The molecule has 0 radical (unpaired) electrons. The highest BCUT2D eigenvalue weighted by Gasteiger charge is 2.34. The summed E-state index contributed by atoms with van der Waals surface area (Å²) in [5.41, 5.74) is 1.78. The number of hydrogen-bond donors (Lipinski definition) is 1. The maximum atomic E-state index is 14.4. The van der Waals surface area contributed by atoms with Crippen molar-refractivity contribution in [3.63, 3.8) is 0 Å². The number of nitrogens with one attached hydrogen (secondary N) is 1. The van der Waals surface area contributed by atoms with Gasteiger partial charge in [-0.25, -0.2) is 8.42 Å². The van der Waals surface area contributed by atoms with E-state index in [1.54, 1.807) is 18.2 Å². The molecule has 0 aromatic heterocycles. The van der Waals surface area contributed by atoms with Gasteiger partial charge in [-0.3, -0.25) is 13.9 Å². The number of carbonyl (C=O) groups is 2. The van der Waals surface area contributed by atoms with Gasteiger partial charge < -0.3 is 10.2 Å². The van der Waals surface area contributed by atoms with Crippen LogP contribution in [0.15, 0.2) is 114 Å². The number of carbonyl (C=O) groups excluding carboxylic acids is 2. The molecular weight excluding hydrogens is 617 g/mol. The Morgan fingerprint density at radius 1 is 0.773 bits per heavy atom. The van der Waals surface area contributed by atoms with Crippen molar-refractivity contribution in [1.29, 1.82) is 0 Å². The van der Waals surface area contributed by atoms with Crippen LogP contribution in [0.4, 0.5) is 5.69 Å². The Balaban J connectivity index is 1.80. The van der Waals surface area contributed by atoms with Gasteiger partial charge in [0.25, 0.3) is 10.0 Å². The zero-order valence-corrected chi connectivity index (χ0v) is 26.9. The highest BCUT2D eigenvalue weighted by molar-refractivity contribution is 7.92. The van der Waals surface area contributed by atoms with Gasteiger partial charge in [0, 0.05) is 29.6 Å². The summed E-state index contributed by atoms with van der Waals surface area (Å²) in [6.07, 6.45) is 0.234. The van der Waals surface area contributed by atoms with Crippen LogP contribution in [0.3, 0.4) is 0 Å². The minimum atomic E-state index is -4.25. The summed E-state index contributed by atoms with van der Waals surface area (Å²) in [5, 5.41) is 3.40. The number of rotatable bonds is 13. The second-order valence-corrected chi connectivity index (χ2v) is 13.5. The van der Waals surface area contributed by atoms with Crippen molar-refractivity contribution in [2.75, 3.05) is 17.4 Å². The number of benzene rings is 4. The van der Waals surface area contributed by atoms with Crippen LogP contribution < -0.4 is 9.62 Å². The lowest BCUT2D eigenvalue weighted by molar-refractivity contribution is -0.140. The molecule has 0 saturated heterocycles. The zero-order chi connectivity index (χ0) is 31.7. The van der Waals surface area contributed by atoms with E-state index in [0.717, 1.165) is 15.4 Å². The maximum absolute atomic E-state index is 14.4. The van der Waals surface area contributed by atoms with Crippen molar-refractivity contribution in [2.24, 2.45) is 5.92 Å². The lowest BCUT2D eigenvalue weighted by Crippen LogP contribution is -2.53. The molecule has 230 valence electrons. The van der Waals surface area contributed by atoms with Crippen LogP contribution in [0.1, 0.15) is 25.0 Å². The van der Waals surface area contributed by atoms with Crippen LogP contribution in [-0.2, 0) is 32.6 Å². The van der Waals surface area contributed by atoms with Crippen molar-refractivity contribution in [3.05, 3.63) is 130 Å². The molecule has 7 nitrogen and oxygen atoms in total. The summed E-state index contributed by atoms with van der Waals surface area (Å²) in [6, 6.07) is 30.0. The first kappa shape index (κ1) is 33.1. The molecule has 0 aliphatic heterocycles. The van der Waals surface area contributed by atoms with Gasteiger partial charge in [0.05, 0.1) is 10.6 Å². The van der Waals surface area contributed by atoms with Crippen molar-refractivity contribution < 1.29 is 18.0 Å². The maximum Gasteiger partial charge on any atom is 0.264 e. The van der Waals surface area contributed by atoms with Crippen molar-refractivity contribution in [2.45, 2.75) is 37.8 Å². The van der Waals surface area contributed by atoms with E-state index in [0.29, 0.717) is 6.54 Å². The van der Waals surface area contributed by atoms with E-state index in [9.17, 15) is 18.0 Å². The molecule has 4 rings (SSSR count). The average Bonchev–Trinajstić information content (AvgIpc) is 3.01. The second kappa shape index (κ2) is 15.2. The molecule has 10 heteroatoms. The van der Waals surface area contributed by atoms with E-state index in [4.69, 9.17) is 23.2 Å². The van der Waals surface area contributed by atoms with Gasteiger partial charge in [0.1, 0.15) is 12.6 Å². The summed E-state index contributed by atoms with van der Waals surface area (Å²) in [6.45, 7) is 3.89. The molecule has 4 aromatic carbocycles. The van der Waals surface area contributed by atoms with E-state index in [2.05, 4.69) is 5.32 Å². The summed E-state index contributed by atoms with van der Waals surface area (Å²) in [4.78, 5) is 29.7. The monoisotopic (exact) mass is 651 g/mol. The lowest BCUT2D eigenvalue weighted by Gasteiger charge is -2.34. The summed E-state index contributed by atoms with van der Waals surface area (Å²) < 4.78 is 29.1. The molecule has 0 fully saturated rings. The SMILES string of the molecule is CC(C)CNC(=O)[C@H](Cc1ccccc1)N(Cc1ccccc1)C(=O)CN(c1cc(Cl)cc(Cl)c1)S(=O)(=O)c1ccccc1. The molecule has 0 heterocycles. The Morgan fingerprint density at radius 2 is 1.30 bits per heavy atom. The molecular formula is C34H35Cl2N3O4S. The van der Waals surface area contributed by atoms with Crippen LogP contribution in [0.25, 0.3) is 0 Å². The van der Waals surface area contributed by atoms with Crippen LogP contribution in [-0.4, -0.2) is 44.3 Å². The van der Waals surface area contributed by atoms with Gasteiger partial charge in [0.15, 0.2) is 0 Å². The Kier molecular flexibility index (Phi) is 11.4. The zero-order valence-electron chi connectivity index (χ0n) is 24.6. The van der Waals surface area contributed by atoms with Gasteiger partial charge in [-0.1, -0.05) is 116 Å². The van der Waals surface area contributed by atoms with E-state index < -0.39 is 28.5 Å². The molecule has 4 aromatic rings. The predicted molar refractivity (Wildman–Crippen MR) is 176 cm³/mol. The quantitative estimate of drug-likeness (QED) is 0.176. The largest absolute Gasteiger partial charge is 0.354 e. The molecule has 0 spiro atoms. The van der Waals surface area contributed by atoms with Crippen LogP contribution in [0, 0.1) is 5.92 Å². The molecule has 0 saturated carbocycles. The van der Waals surface area contributed by atoms with Crippen LogP contribution >= 0.6 is 23.2 Å². The molecule has 0 bridgehead atoms. The average molecular weight is 653 g/mol. The first-order valence-electron chi connectivity index (χ1n) is 14.2. The third kappa shape index (κ3) is 8.85. The first-order valence-corrected chi connectivity index (χ1v) is 16.4. The van der Waals surface area contributed by atoms with Gasteiger partial charge >= 0.3 is 0 Å². The number of halogens is 2. The summed E-state index contributed by atoms with van der Waals surface area (Å²) >= 11 is 12.6. The predicted octanol–water partition coefficient (Wildman–Crippen LogP) is 6.60. The van der Waals surface area contributed by atoms with Gasteiger partial charge in [-0.05, 0) is 47.4 Å². The number of sulfonamides is 1. The number of amides is 2. The van der Waals surface area contributed by atoms with Crippen molar-refractivity contribution in [3.8, 4) is 0 Å². The van der Waals surface area contributed by atoms with Gasteiger partial charge in [-0.15, -0.1) is 0 Å². The standard InChI is InChI=1S/C34H35Cl2N3O4S/c1-25(2)22-37-34(41)32(18-26-12-6-3-7-13-26)38(23-27-14-8-4-9-15-27)33(40)24-39(30-20-28(35)19-29(36)21-30)44(42,43)31-16-10-5-11-17-31/h3-17,19-21,25,32H,18,22-24H2,1-2H3,(H,37,41)/t32-/m0/s1. The fraction of sp³-hybridized carbons (Fsp3) is 0.235. The van der Waals surface area contributed by atoms with Crippen molar-refractivity contribution >= 4 is 50.7 Å². The van der Waals surface area contributed by atoms with E-state index in [-0.39, 0.29) is 45.4 Å². The van der Waals surface area contributed by atoms with Crippen LogP contribution in [0.2, 0.25) is 10.0 Å². The minimum absolute atomic E-state index is 0.00554. The minimum Gasteiger partial charge on any atom is -0.354 e. The Morgan fingerprint density at radius 3 is 1.84 bits per heavy atom. The molecule has 1 N–H and O–H groups in total. The molecule has 0 aliphatic carbocycles. The topological polar surface area (TPSA) is 86.8 Å². The Bertz CT molecular complexity index is 1630. The van der Waals surface area contributed by atoms with E-state index in [1.807, 2.05) is 74.5 Å². The number of hydrogen-bond acceptors (Lipinski definition) is 4. The van der Waals surface area contributed by atoms with Crippen molar-refractivity contribution in [1.82, 2.24) is 10.2 Å². The fourth-order valence-electron chi connectivity index (χ4n) is 4.69. The molecule has 0 unspecified atom stereocenters. The highest BCUT2D eigenvalue weighted by Crippen LogP contribution is 2.30. The summed E-state index contributed by atoms with van der Waals surface area (Å²) in [7, 11) is -4.25. The smallest absolute Gasteiger partial charge is 0.264 e. The Labute approximate surface area is 269 Å². The number of anilines is 1. The van der Waals surface area contributed by atoms with E-state index in [1.165, 1.54) is 35.2 Å². The van der Waals surface area contributed by atoms with Crippen LogP contribution in [0.5, 0.6) is 0 Å². The van der Waals surface area contributed by atoms with Gasteiger partial charge in [0.2, 0.25) is 11.8 Å². The highest BCUT2D eigenvalue weighted by atomic mass is 35.5. The normalized spacial score (nSPS) is 12.0. The fourth-order valence-corrected chi connectivity index (χ4v) is 6.62. The Hall–Kier alpha value is -3.85. The van der Waals surface area contributed by atoms with E-state index >= 15 is 0 Å². The molecule has 44 heavy (non-hydrogen) atoms. The molecule has 0 aliphatic rings. The second-order valence-electron chi connectivity index (χ2n) is 10.8. The number of nitrogens with zero attached hydrogens (tertiary/aromatic N) is 2. The first-order chi connectivity index (χ1) is 21.0. The lowest BCUT2D eigenvalue weighted by atomic mass is 10.0. The third-order valence-corrected chi connectivity index (χ3v) is 9.12.